The Labute approximate surface area is 274 Å². The van der Waals surface area contributed by atoms with E-state index >= 15 is 0 Å². The zero-order valence-corrected chi connectivity index (χ0v) is 25.6. The second-order valence-electron chi connectivity index (χ2n) is 11.8. The lowest BCUT2D eigenvalue weighted by Gasteiger charge is -2.13. The van der Waals surface area contributed by atoms with Gasteiger partial charge in [-0.3, -0.25) is 24.1 Å². The van der Waals surface area contributed by atoms with Crippen molar-refractivity contribution in [3.8, 4) is 34.3 Å². The Kier molecular flexibility index (Phi) is 5.74. The van der Waals surface area contributed by atoms with E-state index < -0.39 is 0 Å². The molecule has 0 saturated carbocycles. The maximum absolute atomic E-state index is 5.29. The molecule has 0 unspecified atom stereocenters. The normalized spacial score (nSPS) is 11.8. The van der Waals surface area contributed by atoms with Crippen molar-refractivity contribution in [2.45, 2.75) is 0 Å². The third kappa shape index (κ3) is 3.98. The van der Waals surface area contributed by atoms with Crippen LogP contribution in [0.1, 0.15) is 0 Å². The molecule has 0 fully saturated rings. The minimum atomic E-state index is 0.821. The quantitative estimate of drug-likeness (QED) is 0.197. The summed E-state index contributed by atoms with van der Waals surface area (Å²) in [6.07, 6.45) is 5.24. The van der Waals surface area contributed by atoms with Gasteiger partial charge in [0.25, 0.3) is 0 Å². The molecule has 0 aliphatic carbocycles. The Morgan fingerprint density at radius 2 is 0.958 bits per heavy atom. The van der Waals surface area contributed by atoms with Gasteiger partial charge in [0.05, 0.1) is 50.2 Å². The van der Waals surface area contributed by atoms with Gasteiger partial charge in [0.2, 0.25) is 0 Å². The van der Waals surface area contributed by atoms with Crippen molar-refractivity contribution in [3.05, 3.63) is 152 Å². The monoisotopic (exact) mass is 615 g/mol. The summed E-state index contributed by atoms with van der Waals surface area (Å²) in [5.41, 5.74) is 9.52. The molecular weight excluding hydrogens is 591 g/mol. The van der Waals surface area contributed by atoms with Crippen LogP contribution in [0, 0.1) is 0 Å². The van der Waals surface area contributed by atoms with E-state index in [1.807, 2.05) is 30.3 Å². The second-order valence-corrected chi connectivity index (χ2v) is 11.8. The summed E-state index contributed by atoms with van der Waals surface area (Å²) in [5.74, 6) is 1.66. The highest BCUT2D eigenvalue weighted by atomic mass is 15.1. The molecular formula is C41H25N7. The molecule has 48 heavy (non-hydrogen) atoms. The van der Waals surface area contributed by atoms with Crippen LogP contribution in [0.5, 0.6) is 0 Å². The van der Waals surface area contributed by atoms with Gasteiger partial charge in [0, 0.05) is 45.7 Å². The average molecular weight is 616 g/mol. The van der Waals surface area contributed by atoms with Gasteiger partial charge in [0.15, 0.2) is 0 Å². The van der Waals surface area contributed by atoms with Crippen LogP contribution in [-0.4, -0.2) is 34.1 Å². The molecule has 0 aliphatic heterocycles. The lowest BCUT2D eigenvalue weighted by atomic mass is 10.1. The molecule has 7 heteroatoms. The number of hydrogen-bond acceptors (Lipinski definition) is 5. The lowest BCUT2D eigenvalue weighted by molar-refractivity contribution is 1.06. The van der Waals surface area contributed by atoms with Crippen LogP contribution in [0.3, 0.4) is 0 Å². The molecule has 10 rings (SSSR count). The maximum atomic E-state index is 5.29. The minimum absolute atomic E-state index is 0.821. The SMILES string of the molecule is c1ccc(-c2cccc(-n3c4ccccc4c4ccc5c6ccccc6n(-c6cccc(-c7ccc8nccnc8c7)n6)c5c43)n2)nc1. The van der Waals surface area contributed by atoms with Crippen LogP contribution in [0.4, 0.5) is 0 Å². The molecule has 7 nitrogen and oxygen atoms in total. The number of benzene rings is 4. The first kappa shape index (κ1) is 26.5. The van der Waals surface area contributed by atoms with E-state index in [1.54, 1.807) is 18.6 Å². The molecule has 4 aromatic carbocycles. The third-order valence-corrected chi connectivity index (χ3v) is 9.09. The van der Waals surface area contributed by atoms with Crippen LogP contribution in [0.2, 0.25) is 0 Å². The fourth-order valence-corrected chi connectivity index (χ4v) is 7.01. The van der Waals surface area contributed by atoms with Crippen LogP contribution >= 0.6 is 0 Å². The minimum Gasteiger partial charge on any atom is -0.292 e. The van der Waals surface area contributed by atoms with Gasteiger partial charge in [0.1, 0.15) is 11.6 Å². The second kappa shape index (κ2) is 10.4. The van der Waals surface area contributed by atoms with Gasteiger partial charge in [-0.15, -0.1) is 0 Å². The number of aromatic nitrogens is 7. The fraction of sp³-hybridized carbons (Fsp3) is 0. The van der Waals surface area contributed by atoms with Crippen molar-refractivity contribution in [1.82, 2.24) is 34.1 Å². The number of rotatable bonds is 4. The number of hydrogen-bond donors (Lipinski definition) is 0. The predicted molar refractivity (Wildman–Crippen MR) is 192 cm³/mol. The summed E-state index contributed by atoms with van der Waals surface area (Å²) >= 11 is 0. The van der Waals surface area contributed by atoms with Crippen molar-refractivity contribution in [2.75, 3.05) is 0 Å². The molecule has 0 spiro atoms. The van der Waals surface area contributed by atoms with E-state index in [9.17, 15) is 0 Å². The van der Waals surface area contributed by atoms with Gasteiger partial charge in [-0.25, -0.2) is 9.97 Å². The first-order valence-electron chi connectivity index (χ1n) is 15.8. The van der Waals surface area contributed by atoms with E-state index in [0.717, 1.165) is 88.9 Å². The molecule has 10 aromatic rings. The highest BCUT2D eigenvalue weighted by Crippen LogP contribution is 2.41. The van der Waals surface area contributed by atoms with Gasteiger partial charge in [-0.2, -0.15) is 0 Å². The fourth-order valence-electron chi connectivity index (χ4n) is 7.01. The van der Waals surface area contributed by atoms with Crippen molar-refractivity contribution in [1.29, 1.82) is 0 Å². The number of nitrogens with zero attached hydrogens (tertiary/aromatic N) is 7. The zero-order chi connectivity index (χ0) is 31.6. The summed E-state index contributed by atoms with van der Waals surface area (Å²) in [7, 11) is 0. The third-order valence-electron chi connectivity index (χ3n) is 9.09. The van der Waals surface area contributed by atoms with Crippen LogP contribution in [0.15, 0.2) is 152 Å². The molecule has 224 valence electrons. The zero-order valence-electron chi connectivity index (χ0n) is 25.6. The van der Waals surface area contributed by atoms with Crippen LogP contribution in [0.25, 0.3) is 88.9 Å². The van der Waals surface area contributed by atoms with Crippen LogP contribution in [-0.2, 0) is 0 Å². The van der Waals surface area contributed by atoms with E-state index in [-0.39, 0.29) is 0 Å². The number of fused-ring (bicyclic) bond motifs is 8. The first-order chi connectivity index (χ1) is 23.8. The van der Waals surface area contributed by atoms with Gasteiger partial charge >= 0.3 is 0 Å². The lowest BCUT2D eigenvalue weighted by Crippen LogP contribution is -2.02. The first-order valence-corrected chi connectivity index (χ1v) is 15.8. The summed E-state index contributed by atoms with van der Waals surface area (Å²) in [5, 5.41) is 4.62. The number of pyridine rings is 3. The van der Waals surface area contributed by atoms with Gasteiger partial charge in [-0.05, 0) is 60.7 Å². The van der Waals surface area contributed by atoms with Gasteiger partial charge < -0.3 is 0 Å². The summed E-state index contributed by atoms with van der Waals surface area (Å²) in [6, 6.07) is 46.0. The Bertz CT molecular complexity index is 2850. The molecule has 0 bridgehead atoms. The molecule has 0 radical (unpaired) electrons. The Balaban J connectivity index is 1.30. The van der Waals surface area contributed by atoms with E-state index in [2.05, 4.69) is 127 Å². The predicted octanol–water partition coefficient (Wildman–Crippen LogP) is 9.34. The van der Waals surface area contributed by atoms with Crippen molar-refractivity contribution >= 4 is 54.6 Å². The van der Waals surface area contributed by atoms with E-state index in [1.165, 1.54) is 0 Å². The summed E-state index contributed by atoms with van der Waals surface area (Å²) in [6.45, 7) is 0. The molecule has 0 amide bonds. The standard InChI is InChI=1S/C41H25N7/c1-3-14-36-27(9-1)29-19-20-30-28-10-2-4-15-37(28)48(39-17-8-13-34(46-39)32-11-5-6-22-42-32)41(30)40(29)47(36)38-16-7-12-31(45-38)26-18-21-33-35(25-26)44-24-23-43-33/h1-25H. The van der Waals surface area contributed by atoms with Crippen LogP contribution < -0.4 is 0 Å². The molecule has 6 aromatic heterocycles. The van der Waals surface area contributed by atoms with Crippen molar-refractivity contribution in [3.63, 3.8) is 0 Å². The molecule has 6 heterocycles. The van der Waals surface area contributed by atoms with E-state index in [0.29, 0.717) is 0 Å². The maximum Gasteiger partial charge on any atom is 0.138 e. The van der Waals surface area contributed by atoms with Crippen molar-refractivity contribution in [2.24, 2.45) is 0 Å². The Morgan fingerprint density at radius 1 is 0.375 bits per heavy atom. The summed E-state index contributed by atoms with van der Waals surface area (Å²) < 4.78 is 4.59. The topological polar surface area (TPSA) is 74.3 Å². The number of para-hydroxylation sites is 2. The largest absolute Gasteiger partial charge is 0.292 e. The smallest absolute Gasteiger partial charge is 0.138 e. The highest BCUT2D eigenvalue weighted by Gasteiger charge is 2.22. The van der Waals surface area contributed by atoms with Gasteiger partial charge in [-0.1, -0.05) is 72.8 Å². The van der Waals surface area contributed by atoms with E-state index in [4.69, 9.17) is 9.97 Å². The molecule has 0 aliphatic rings. The molecule has 0 N–H and O–H groups in total. The average Bonchev–Trinajstić information content (AvgIpc) is 3.68. The Hall–Kier alpha value is -6.73. The highest BCUT2D eigenvalue weighted by molar-refractivity contribution is 6.23. The molecule has 0 saturated heterocycles. The van der Waals surface area contributed by atoms with Crippen molar-refractivity contribution < 1.29 is 0 Å². The summed E-state index contributed by atoms with van der Waals surface area (Å²) in [4.78, 5) is 24.0. The molecule has 0 atom stereocenters. The Morgan fingerprint density at radius 3 is 1.62 bits per heavy atom.